The number of alkyl halides is 3. The van der Waals surface area contributed by atoms with Gasteiger partial charge in [-0.05, 0) is 54.8 Å². The highest BCUT2D eigenvalue weighted by molar-refractivity contribution is 7.88. The quantitative estimate of drug-likeness (QED) is 0.408. The molecule has 40 heavy (non-hydrogen) atoms. The van der Waals surface area contributed by atoms with E-state index in [-0.39, 0.29) is 41.4 Å². The molecule has 0 fully saturated rings. The van der Waals surface area contributed by atoms with Gasteiger partial charge in [0.15, 0.2) is 0 Å². The van der Waals surface area contributed by atoms with Crippen molar-refractivity contribution in [3.63, 3.8) is 0 Å². The molecule has 1 aliphatic heterocycles. The first-order valence-corrected chi connectivity index (χ1v) is 13.6. The van der Waals surface area contributed by atoms with E-state index in [9.17, 15) is 36.4 Å². The van der Waals surface area contributed by atoms with Crippen molar-refractivity contribution in [3.05, 3.63) is 86.5 Å². The summed E-state index contributed by atoms with van der Waals surface area (Å²) in [6, 6.07) is 9.66. The summed E-state index contributed by atoms with van der Waals surface area (Å²) in [7, 11) is -2.42. The smallest absolute Gasteiger partial charge is 0.416 e. The van der Waals surface area contributed by atoms with Crippen LogP contribution in [0.15, 0.2) is 58.5 Å². The maximum atomic E-state index is 13.5. The van der Waals surface area contributed by atoms with Gasteiger partial charge in [-0.3, -0.25) is 4.90 Å². The first-order chi connectivity index (χ1) is 18.8. The zero-order valence-corrected chi connectivity index (χ0v) is 22.2. The van der Waals surface area contributed by atoms with E-state index in [1.807, 2.05) is 6.07 Å². The number of ether oxygens (including phenoxy) is 1. The number of allylic oxidation sites excluding steroid dienone is 1. The summed E-state index contributed by atoms with van der Waals surface area (Å²) >= 11 is 0. The van der Waals surface area contributed by atoms with Crippen LogP contribution in [0.4, 0.5) is 24.8 Å². The van der Waals surface area contributed by atoms with Gasteiger partial charge in [0.25, 0.3) is 0 Å². The van der Waals surface area contributed by atoms with Crippen molar-refractivity contribution in [2.24, 2.45) is 0 Å². The van der Waals surface area contributed by atoms with E-state index in [4.69, 9.17) is 4.74 Å². The molecule has 2 aromatic carbocycles. The van der Waals surface area contributed by atoms with Gasteiger partial charge < -0.3 is 4.74 Å². The summed E-state index contributed by atoms with van der Waals surface area (Å²) in [4.78, 5) is 27.6. The van der Waals surface area contributed by atoms with E-state index >= 15 is 0 Å². The summed E-state index contributed by atoms with van der Waals surface area (Å²) in [5.41, 5.74) is -0.592. The fraction of sp³-hybridized carbons (Fsp3) is 0.280. The summed E-state index contributed by atoms with van der Waals surface area (Å²) in [5, 5.41) is 15.8. The molecule has 0 saturated carbocycles. The SMILES string of the molecule is COC(=O)C1=C(C)N(c2cccc(C(F)(F)F)c2)c2n[nH]c(=O)n2[C@@H]1c1ccc(C#N)cc1CCNS(C)(=O)=O. The molecule has 0 aliphatic carbocycles. The van der Waals surface area contributed by atoms with Crippen molar-refractivity contribution >= 4 is 27.6 Å². The third kappa shape index (κ3) is 5.49. The number of anilines is 2. The average molecular weight is 577 g/mol. The molecule has 1 aromatic heterocycles. The minimum absolute atomic E-state index is 0.00941. The molecule has 3 aromatic rings. The van der Waals surface area contributed by atoms with Crippen molar-refractivity contribution in [1.29, 1.82) is 5.26 Å². The molecule has 4 rings (SSSR count). The van der Waals surface area contributed by atoms with Gasteiger partial charge in [-0.25, -0.2) is 32.4 Å². The number of carbonyl (C=O) groups is 1. The van der Waals surface area contributed by atoms with Gasteiger partial charge in [0.2, 0.25) is 16.0 Å². The van der Waals surface area contributed by atoms with Crippen molar-refractivity contribution in [2.75, 3.05) is 24.8 Å². The molecule has 0 amide bonds. The first-order valence-electron chi connectivity index (χ1n) is 11.7. The molecule has 210 valence electrons. The van der Waals surface area contributed by atoms with Gasteiger partial charge in [-0.2, -0.15) is 18.4 Å². The van der Waals surface area contributed by atoms with Crippen molar-refractivity contribution in [3.8, 4) is 6.07 Å². The molecular weight excluding hydrogens is 553 g/mol. The highest BCUT2D eigenvalue weighted by Crippen LogP contribution is 2.43. The Morgan fingerprint density at radius 1 is 1.25 bits per heavy atom. The standard InChI is InChI=1S/C25H23F3N6O5S/c1-14-20(22(35)39-2)21(19-8-7-15(13-29)11-16(19)9-10-30-40(3,37)38)34-23(31-32-24(34)36)33(14)18-6-4-5-17(12-18)25(26,27)28/h4-8,11-12,21,30H,9-10H2,1-3H3,(H,32,36)/t21-/m1/s1. The number of fused-ring (bicyclic) bond motifs is 1. The number of H-pyrrole nitrogens is 1. The topological polar surface area (TPSA) is 150 Å². The van der Waals surface area contributed by atoms with Crippen LogP contribution in [0.25, 0.3) is 0 Å². The second-order valence-corrected chi connectivity index (χ2v) is 10.8. The molecule has 11 nitrogen and oxygen atoms in total. The number of sulfonamides is 1. The molecule has 2 N–H and O–H groups in total. The second kappa shape index (κ2) is 10.6. The van der Waals surface area contributed by atoms with Gasteiger partial charge in [-0.1, -0.05) is 12.1 Å². The zero-order valence-electron chi connectivity index (χ0n) is 21.4. The second-order valence-electron chi connectivity index (χ2n) is 8.92. The first kappa shape index (κ1) is 28.6. The number of nitrogens with one attached hydrogen (secondary N) is 2. The van der Waals surface area contributed by atoms with Crippen LogP contribution in [-0.2, 0) is 32.2 Å². The van der Waals surface area contributed by atoms with Crippen LogP contribution in [-0.4, -0.2) is 49.1 Å². The number of nitriles is 1. The molecule has 0 bridgehead atoms. The highest BCUT2D eigenvalue weighted by Gasteiger charge is 2.41. The molecule has 0 radical (unpaired) electrons. The number of benzene rings is 2. The van der Waals surface area contributed by atoms with Gasteiger partial charge in [-0.15, -0.1) is 5.10 Å². The third-order valence-corrected chi connectivity index (χ3v) is 7.03. The van der Waals surface area contributed by atoms with E-state index in [1.165, 1.54) is 42.2 Å². The molecule has 1 aliphatic rings. The summed E-state index contributed by atoms with van der Waals surface area (Å²) in [5.74, 6) is -0.952. The van der Waals surface area contributed by atoms with Gasteiger partial charge in [0.1, 0.15) is 6.04 Å². The summed E-state index contributed by atoms with van der Waals surface area (Å²) in [6.45, 7) is 1.43. The van der Waals surface area contributed by atoms with Crippen molar-refractivity contribution < 1.29 is 31.1 Å². The molecule has 0 unspecified atom stereocenters. The minimum atomic E-state index is -4.65. The molecule has 0 saturated heterocycles. The summed E-state index contributed by atoms with van der Waals surface area (Å²) in [6.07, 6.45) is -3.58. The van der Waals surface area contributed by atoms with Crippen molar-refractivity contribution in [1.82, 2.24) is 19.5 Å². The Hall–Kier alpha value is -4.42. The fourth-order valence-electron chi connectivity index (χ4n) is 4.61. The van der Waals surface area contributed by atoms with Gasteiger partial charge in [0.05, 0.1) is 36.1 Å². The van der Waals surface area contributed by atoms with Crippen LogP contribution in [0.3, 0.4) is 0 Å². The average Bonchev–Trinajstić information content (AvgIpc) is 3.27. The Balaban J connectivity index is 1.97. The van der Waals surface area contributed by atoms with E-state index in [0.717, 1.165) is 30.1 Å². The lowest BCUT2D eigenvalue weighted by Crippen LogP contribution is -2.38. The van der Waals surface area contributed by atoms with Gasteiger partial charge >= 0.3 is 17.8 Å². The van der Waals surface area contributed by atoms with E-state index < -0.39 is 39.5 Å². The zero-order chi connectivity index (χ0) is 29.4. The number of esters is 1. The normalized spacial score (nSPS) is 15.5. The number of rotatable bonds is 7. The molecule has 15 heteroatoms. The number of aromatic nitrogens is 3. The largest absolute Gasteiger partial charge is 0.466 e. The van der Waals surface area contributed by atoms with E-state index in [0.29, 0.717) is 11.1 Å². The van der Waals surface area contributed by atoms with Crippen molar-refractivity contribution in [2.45, 2.75) is 25.6 Å². The molecule has 2 heterocycles. The number of carbonyl (C=O) groups excluding carboxylic acids is 1. The lowest BCUT2D eigenvalue weighted by atomic mass is 9.89. The van der Waals surface area contributed by atoms with Crippen LogP contribution in [0.1, 0.15) is 35.2 Å². The number of hydrogen-bond acceptors (Lipinski definition) is 8. The Labute approximate surface area is 226 Å². The van der Waals surface area contributed by atoms with Crippen LogP contribution >= 0.6 is 0 Å². The Bertz CT molecular complexity index is 1720. The third-order valence-electron chi connectivity index (χ3n) is 6.30. The maximum absolute atomic E-state index is 13.5. The maximum Gasteiger partial charge on any atom is 0.416 e. The van der Waals surface area contributed by atoms with Crippen LogP contribution in [0.5, 0.6) is 0 Å². The predicted octanol–water partition coefficient (Wildman–Crippen LogP) is 2.74. The summed E-state index contributed by atoms with van der Waals surface area (Å²) < 4.78 is 72.3. The number of methoxy groups -OCH3 is 1. The lowest BCUT2D eigenvalue weighted by molar-refractivity contribution is -0.138. The number of aromatic amines is 1. The molecular formula is C25H23F3N6O5S. The lowest BCUT2D eigenvalue weighted by Gasteiger charge is -2.36. The Kier molecular flexibility index (Phi) is 7.59. The van der Waals surface area contributed by atoms with E-state index in [2.05, 4.69) is 14.9 Å². The number of halogens is 3. The fourth-order valence-corrected chi connectivity index (χ4v) is 5.08. The van der Waals surface area contributed by atoms with Crippen LogP contribution in [0.2, 0.25) is 0 Å². The Morgan fingerprint density at radius 3 is 2.60 bits per heavy atom. The molecule has 0 spiro atoms. The highest BCUT2D eigenvalue weighted by atomic mass is 32.2. The molecule has 1 atom stereocenters. The monoisotopic (exact) mass is 576 g/mol. The van der Waals surface area contributed by atoms with Crippen LogP contribution in [0, 0.1) is 11.3 Å². The Morgan fingerprint density at radius 2 is 1.98 bits per heavy atom. The number of nitrogens with zero attached hydrogens (tertiary/aromatic N) is 4. The van der Waals surface area contributed by atoms with E-state index in [1.54, 1.807) is 0 Å². The minimum Gasteiger partial charge on any atom is -0.466 e. The predicted molar refractivity (Wildman–Crippen MR) is 137 cm³/mol. The number of hydrogen-bond donors (Lipinski definition) is 2. The van der Waals surface area contributed by atoms with Gasteiger partial charge in [0, 0.05) is 17.9 Å². The van der Waals surface area contributed by atoms with Crippen LogP contribution < -0.4 is 15.3 Å².